The average molecular weight is 419 g/mol. The number of rotatable bonds is 3. The summed E-state index contributed by atoms with van der Waals surface area (Å²) in [5.74, 6) is 0.986. The van der Waals surface area contributed by atoms with Crippen LogP contribution in [0.3, 0.4) is 0 Å². The zero-order valence-electron chi connectivity index (χ0n) is 14.0. The maximum Gasteiger partial charge on any atom is 0.195 e. The fraction of sp³-hybridized carbons (Fsp3) is 0.167. The second kappa shape index (κ2) is 8.73. The number of nitrogen functional groups attached to an aromatic ring is 1. The third-order valence-electron chi connectivity index (χ3n) is 3.51. The topological polar surface area (TPSA) is 76.7 Å². The lowest BCUT2D eigenvalue weighted by molar-refractivity contribution is 0.0988. The van der Waals surface area contributed by atoms with Crippen molar-refractivity contribution in [3.05, 3.63) is 63.3 Å². The molecule has 3 aromatic rings. The average Bonchev–Trinajstić information content (AvgIpc) is 2.95. The number of Topliss-reactive ketones (excluding diaryl/α,β-unsaturated/α-hetero) is 1. The molecule has 0 amide bonds. The van der Waals surface area contributed by atoms with E-state index in [-0.39, 0.29) is 5.78 Å². The summed E-state index contributed by atoms with van der Waals surface area (Å²) in [7, 11) is 1.87. The van der Waals surface area contributed by atoms with E-state index in [0.29, 0.717) is 11.2 Å². The summed E-state index contributed by atoms with van der Waals surface area (Å²) in [6, 6.07) is 15.0. The Bertz CT molecular complexity index is 915. The Kier molecular flexibility index (Phi) is 6.66. The van der Waals surface area contributed by atoms with Gasteiger partial charge >= 0.3 is 0 Å². The molecule has 1 aromatic heterocycles. The van der Waals surface area contributed by atoms with Crippen LogP contribution < -0.4 is 5.73 Å². The number of anilines is 1. The number of halogens is 1. The van der Waals surface area contributed by atoms with Crippen LogP contribution in [0, 0.1) is 4.77 Å². The van der Waals surface area contributed by atoms with Crippen molar-refractivity contribution in [2.75, 3.05) is 5.73 Å². The summed E-state index contributed by atoms with van der Waals surface area (Å²) in [4.78, 5) is 11.1. The number of hydrogen-bond donors (Lipinski definition) is 2. The highest BCUT2D eigenvalue weighted by atomic mass is 79.9. The minimum Gasteiger partial charge on any atom is -0.399 e. The molecule has 5 nitrogen and oxygen atoms in total. The summed E-state index contributed by atoms with van der Waals surface area (Å²) in [5.41, 5.74) is 8.14. The van der Waals surface area contributed by atoms with Crippen LogP contribution in [0.2, 0.25) is 0 Å². The molecule has 0 aliphatic carbocycles. The molecule has 1 heterocycles. The highest BCUT2D eigenvalue weighted by Gasteiger charge is 2.04. The third kappa shape index (κ3) is 5.11. The van der Waals surface area contributed by atoms with Crippen LogP contribution in [-0.4, -0.2) is 20.5 Å². The van der Waals surface area contributed by atoms with Crippen molar-refractivity contribution in [2.24, 2.45) is 7.05 Å². The van der Waals surface area contributed by atoms with Gasteiger partial charge < -0.3 is 10.3 Å². The molecular formula is C18H19BrN4OS. The van der Waals surface area contributed by atoms with Gasteiger partial charge in [0, 0.05) is 34.8 Å². The monoisotopic (exact) mass is 418 g/mol. The molecular weight excluding hydrogens is 400 g/mol. The molecule has 3 rings (SSSR count). The van der Waals surface area contributed by atoms with Crippen molar-refractivity contribution in [3.63, 3.8) is 0 Å². The van der Waals surface area contributed by atoms with E-state index in [4.69, 9.17) is 18.0 Å². The zero-order chi connectivity index (χ0) is 18.4. The fourth-order valence-corrected chi connectivity index (χ4v) is 2.52. The summed E-state index contributed by atoms with van der Waals surface area (Å²) in [5, 5.41) is 6.85. The van der Waals surface area contributed by atoms with Crippen LogP contribution in [0.4, 0.5) is 5.69 Å². The number of carbonyl (C=O) groups is 1. The van der Waals surface area contributed by atoms with Crippen LogP contribution in [0.25, 0.3) is 11.4 Å². The first-order valence-corrected chi connectivity index (χ1v) is 8.88. The van der Waals surface area contributed by atoms with E-state index in [1.54, 1.807) is 0 Å². The van der Waals surface area contributed by atoms with Gasteiger partial charge in [0.15, 0.2) is 16.4 Å². The number of H-pyrrole nitrogens is 1. The van der Waals surface area contributed by atoms with E-state index in [0.717, 1.165) is 27.1 Å². The molecule has 0 radical (unpaired) electrons. The van der Waals surface area contributed by atoms with Crippen molar-refractivity contribution >= 4 is 39.6 Å². The Morgan fingerprint density at radius 3 is 2.48 bits per heavy atom. The van der Waals surface area contributed by atoms with Gasteiger partial charge in [-0.15, -0.1) is 0 Å². The molecule has 2 aromatic carbocycles. The molecule has 7 heteroatoms. The number of nitrogens with two attached hydrogens (primary N) is 1. The molecule has 0 saturated heterocycles. The number of hydrogen-bond acceptors (Lipinski definition) is 4. The predicted octanol–water partition coefficient (Wildman–Crippen LogP) is 4.77. The number of carbonyl (C=O) groups excluding carboxylic acids is 1. The number of nitrogens with one attached hydrogen (secondary N) is 1. The Labute approximate surface area is 160 Å². The molecule has 0 fully saturated rings. The van der Waals surface area contributed by atoms with E-state index >= 15 is 0 Å². The van der Waals surface area contributed by atoms with Crippen LogP contribution >= 0.6 is 28.1 Å². The highest BCUT2D eigenvalue weighted by Crippen LogP contribution is 2.18. The molecule has 0 spiro atoms. The quantitative estimate of drug-likeness (QED) is 0.364. The first-order valence-electron chi connectivity index (χ1n) is 7.68. The highest BCUT2D eigenvalue weighted by molar-refractivity contribution is 9.10. The standard InChI is InChI=1S/C9H9BrO.C9H10N4S/c1-2-9(11)7-3-5-8(10)6-4-7;1-13-8(11-12-9(13)14)6-3-2-4-7(10)5-6/h3-6H,2H2,1H3;2-5H,10H2,1H3,(H,12,14). The first-order chi connectivity index (χ1) is 11.9. The second-order valence-electron chi connectivity index (χ2n) is 5.32. The molecule has 3 N–H and O–H groups in total. The van der Waals surface area contributed by atoms with Crippen LogP contribution in [-0.2, 0) is 7.05 Å². The van der Waals surface area contributed by atoms with E-state index in [1.807, 2.05) is 67.1 Å². The molecule has 0 saturated carbocycles. The van der Waals surface area contributed by atoms with Crippen molar-refractivity contribution < 1.29 is 4.79 Å². The molecule has 0 atom stereocenters. The lowest BCUT2D eigenvalue weighted by Gasteiger charge is -2.00. The molecule has 25 heavy (non-hydrogen) atoms. The van der Waals surface area contributed by atoms with Crippen molar-refractivity contribution in [1.82, 2.24) is 14.8 Å². The minimum atomic E-state index is 0.192. The Hall–Kier alpha value is -2.25. The molecule has 130 valence electrons. The summed E-state index contributed by atoms with van der Waals surface area (Å²) in [6.07, 6.45) is 0.571. The van der Waals surface area contributed by atoms with E-state index in [1.165, 1.54) is 0 Å². The van der Waals surface area contributed by atoms with Crippen LogP contribution in [0.1, 0.15) is 23.7 Å². The summed E-state index contributed by atoms with van der Waals surface area (Å²) < 4.78 is 3.41. The normalized spacial score (nSPS) is 10.0. The van der Waals surface area contributed by atoms with Gasteiger partial charge in [-0.2, -0.15) is 5.10 Å². The molecule has 0 unspecified atom stereocenters. The number of nitrogens with zero attached hydrogens (tertiary/aromatic N) is 2. The van der Waals surface area contributed by atoms with Gasteiger partial charge in [0.25, 0.3) is 0 Å². The lowest BCUT2D eigenvalue weighted by atomic mass is 10.1. The molecule has 0 bridgehead atoms. The van der Waals surface area contributed by atoms with Crippen molar-refractivity contribution in [2.45, 2.75) is 13.3 Å². The number of aromatic amines is 1. The molecule has 0 aliphatic heterocycles. The van der Waals surface area contributed by atoms with E-state index in [2.05, 4.69) is 26.1 Å². The molecule has 0 aliphatic rings. The predicted molar refractivity (Wildman–Crippen MR) is 107 cm³/mol. The smallest absolute Gasteiger partial charge is 0.195 e. The largest absolute Gasteiger partial charge is 0.399 e. The SMILES string of the molecule is CCC(=O)c1ccc(Br)cc1.Cn1c(-c2cccc(N)c2)n[nH]c1=S. The summed E-state index contributed by atoms with van der Waals surface area (Å²) >= 11 is 8.33. The maximum atomic E-state index is 11.1. The van der Waals surface area contributed by atoms with Gasteiger partial charge in [0.05, 0.1) is 0 Å². The number of benzene rings is 2. The van der Waals surface area contributed by atoms with Gasteiger partial charge in [-0.1, -0.05) is 47.1 Å². The van der Waals surface area contributed by atoms with Gasteiger partial charge in [0.2, 0.25) is 0 Å². The minimum absolute atomic E-state index is 0.192. The Morgan fingerprint density at radius 1 is 1.28 bits per heavy atom. The second-order valence-corrected chi connectivity index (χ2v) is 6.62. The third-order valence-corrected chi connectivity index (χ3v) is 4.41. The van der Waals surface area contributed by atoms with Gasteiger partial charge in [0.1, 0.15) is 0 Å². The van der Waals surface area contributed by atoms with Crippen molar-refractivity contribution in [3.8, 4) is 11.4 Å². The maximum absolute atomic E-state index is 11.1. The van der Waals surface area contributed by atoms with E-state index < -0.39 is 0 Å². The number of ketones is 1. The van der Waals surface area contributed by atoms with Crippen molar-refractivity contribution in [1.29, 1.82) is 0 Å². The number of aromatic nitrogens is 3. The van der Waals surface area contributed by atoms with Gasteiger partial charge in [-0.3, -0.25) is 9.89 Å². The van der Waals surface area contributed by atoms with E-state index in [9.17, 15) is 4.79 Å². The van der Waals surface area contributed by atoms with Gasteiger partial charge in [-0.05, 0) is 36.5 Å². The van der Waals surface area contributed by atoms with Gasteiger partial charge in [-0.25, -0.2) is 0 Å². The fourth-order valence-electron chi connectivity index (χ4n) is 2.12. The zero-order valence-corrected chi connectivity index (χ0v) is 16.4. The van der Waals surface area contributed by atoms with Crippen LogP contribution in [0.15, 0.2) is 53.0 Å². The summed E-state index contributed by atoms with van der Waals surface area (Å²) in [6.45, 7) is 1.87. The Morgan fingerprint density at radius 2 is 1.96 bits per heavy atom. The van der Waals surface area contributed by atoms with Crippen LogP contribution in [0.5, 0.6) is 0 Å². The Balaban J connectivity index is 0.000000186. The lowest BCUT2D eigenvalue weighted by Crippen LogP contribution is -1.94. The first kappa shape index (κ1) is 19.1.